The van der Waals surface area contributed by atoms with Crippen molar-refractivity contribution >= 4 is 0 Å². The molecule has 0 heterocycles. The van der Waals surface area contributed by atoms with E-state index < -0.39 is 0 Å². The third-order valence-electron chi connectivity index (χ3n) is 3.08. The number of allylic oxidation sites excluding steroid dienone is 1. The molecule has 19 heavy (non-hydrogen) atoms. The first-order valence-electron chi connectivity index (χ1n) is 7.27. The fourth-order valence-electron chi connectivity index (χ4n) is 1.86. The third kappa shape index (κ3) is 8.40. The van der Waals surface area contributed by atoms with Crippen LogP contribution in [-0.2, 0) is 0 Å². The van der Waals surface area contributed by atoms with E-state index in [0.29, 0.717) is 6.42 Å². The van der Waals surface area contributed by atoms with E-state index in [4.69, 9.17) is 0 Å². The minimum atomic E-state index is -0.295. The molecule has 0 unspecified atom stereocenters. The summed E-state index contributed by atoms with van der Waals surface area (Å²) in [6, 6.07) is 8.46. The molecular formula is C17H25FI+. The van der Waals surface area contributed by atoms with Crippen LogP contribution in [0.5, 0.6) is 0 Å². The van der Waals surface area contributed by atoms with E-state index in [1.807, 2.05) is 4.08 Å². The molecule has 0 spiro atoms. The summed E-state index contributed by atoms with van der Waals surface area (Å²) >= 11 is -0.295. The Balaban J connectivity index is 2.16. The van der Waals surface area contributed by atoms with Crippen LogP contribution in [0.4, 0.5) is 4.39 Å². The maximum Gasteiger partial charge on any atom is 0.352 e. The summed E-state index contributed by atoms with van der Waals surface area (Å²) in [6.07, 6.45) is 7.96. The number of rotatable bonds is 9. The number of hydrogen-bond acceptors (Lipinski definition) is 0. The third-order valence-corrected chi connectivity index (χ3v) is 5.50. The summed E-state index contributed by atoms with van der Waals surface area (Å²) in [7, 11) is 0. The lowest BCUT2D eigenvalue weighted by atomic mass is 10.1. The van der Waals surface area contributed by atoms with Crippen LogP contribution in [0, 0.1) is 10.5 Å². The fraction of sp³-hybridized carbons (Fsp3) is 0.529. The van der Waals surface area contributed by atoms with Gasteiger partial charge in [-0.2, -0.15) is 0 Å². The highest BCUT2D eigenvalue weighted by Crippen LogP contribution is 2.11. The number of benzene rings is 1. The maximum absolute atomic E-state index is 13.6. The van der Waals surface area contributed by atoms with Gasteiger partial charge in [0.1, 0.15) is 5.83 Å². The summed E-state index contributed by atoms with van der Waals surface area (Å²) in [5, 5.41) is 0. The highest BCUT2D eigenvalue weighted by Gasteiger charge is 2.10. The van der Waals surface area contributed by atoms with Gasteiger partial charge in [-0.05, 0) is 25.5 Å². The lowest BCUT2D eigenvalue weighted by molar-refractivity contribution is -0.558. The Bertz CT molecular complexity index is 367. The highest BCUT2D eigenvalue weighted by molar-refractivity contribution is 5.11. The second kappa shape index (κ2) is 10.4. The van der Waals surface area contributed by atoms with Crippen LogP contribution in [0.15, 0.2) is 34.2 Å². The van der Waals surface area contributed by atoms with E-state index in [9.17, 15) is 4.39 Å². The van der Waals surface area contributed by atoms with Gasteiger partial charge in [-0.1, -0.05) is 56.7 Å². The van der Waals surface area contributed by atoms with E-state index in [1.54, 1.807) is 0 Å². The molecule has 1 aromatic rings. The van der Waals surface area contributed by atoms with E-state index in [1.165, 1.54) is 41.2 Å². The zero-order valence-electron chi connectivity index (χ0n) is 12.1. The Labute approximate surface area is 127 Å². The molecule has 1 aromatic carbocycles. The molecule has 2 heteroatoms. The molecule has 0 fully saturated rings. The molecule has 0 radical (unpaired) electrons. The van der Waals surface area contributed by atoms with Crippen molar-refractivity contribution in [3.05, 3.63) is 43.3 Å². The Kier molecular flexibility index (Phi) is 9.14. The first-order valence-corrected chi connectivity index (χ1v) is 9.59. The smallest absolute Gasteiger partial charge is 0.208 e. The SMILES string of the molecule is CCCCCCCC/C(F)=C\[I+]c1ccc(C)cc1. The zero-order chi connectivity index (χ0) is 13.9. The molecule has 0 N–H and O–H groups in total. The Morgan fingerprint density at radius 2 is 1.68 bits per heavy atom. The van der Waals surface area contributed by atoms with Crippen molar-refractivity contribution in [2.45, 2.75) is 58.8 Å². The summed E-state index contributed by atoms with van der Waals surface area (Å²) in [5.74, 6) is 0.101. The van der Waals surface area contributed by atoms with Gasteiger partial charge in [0, 0.05) is 6.42 Å². The average Bonchev–Trinajstić information content (AvgIpc) is 2.42. The second-order valence-corrected chi connectivity index (χ2v) is 7.47. The number of halogens is 2. The molecule has 0 aliphatic rings. The van der Waals surface area contributed by atoms with Gasteiger partial charge in [0.2, 0.25) is 0 Å². The van der Waals surface area contributed by atoms with E-state index >= 15 is 0 Å². The number of hydrogen-bond donors (Lipinski definition) is 0. The molecule has 0 saturated carbocycles. The van der Waals surface area contributed by atoms with Crippen LogP contribution in [0.3, 0.4) is 0 Å². The predicted molar refractivity (Wildman–Crippen MR) is 77.1 cm³/mol. The van der Waals surface area contributed by atoms with Crippen LogP contribution >= 0.6 is 0 Å². The highest BCUT2D eigenvalue weighted by atomic mass is 127. The molecule has 106 valence electrons. The van der Waals surface area contributed by atoms with Crippen LogP contribution in [0.25, 0.3) is 0 Å². The Hall–Kier alpha value is -0.380. The van der Waals surface area contributed by atoms with Crippen molar-refractivity contribution in [1.29, 1.82) is 0 Å². The van der Waals surface area contributed by atoms with Crippen molar-refractivity contribution < 1.29 is 25.6 Å². The Morgan fingerprint density at radius 1 is 1.05 bits per heavy atom. The van der Waals surface area contributed by atoms with Gasteiger partial charge in [0.25, 0.3) is 0 Å². The maximum atomic E-state index is 13.6. The second-order valence-electron chi connectivity index (χ2n) is 4.98. The summed E-state index contributed by atoms with van der Waals surface area (Å²) in [4.78, 5) is 0. The topological polar surface area (TPSA) is 0 Å². The Morgan fingerprint density at radius 3 is 2.37 bits per heavy atom. The summed E-state index contributed by atoms with van der Waals surface area (Å²) in [6.45, 7) is 4.30. The van der Waals surface area contributed by atoms with Crippen molar-refractivity contribution in [3.63, 3.8) is 0 Å². The molecule has 0 aromatic heterocycles. The molecule has 0 atom stereocenters. The molecule has 1 rings (SSSR count). The molecule has 0 nitrogen and oxygen atoms in total. The molecule has 0 saturated heterocycles. The van der Waals surface area contributed by atoms with Crippen LogP contribution in [0.2, 0.25) is 0 Å². The van der Waals surface area contributed by atoms with Crippen LogP contribution in [0.1, 0.15) is 57.4 Å². The van der Waals surface area contributed by atoms with Crippen LogP contribution < -0.4 is 21.2 Å². The van der Waals surface area contributed by atoms with Gasteiger partial charge in [-0.15, -0.1) is 0 Å². The summed E-state index contributed by atoms with van der Waals surface area (Å²) < 4.78 is 16.8. The quantitative estimate of drug-likeness (QED) is 0.460. The van der Waals surface area contributed by atoms with Crippen molar-refractivity contribution in [1.82, 2.24) is 0 Å². The fourth-order valence-corrected chi connectivity index (χ4v) is 3.64. The van der Waals surface area contributed by atoms with Gasteiger partial charge in [-0.25, -0.2) is 4.39 Å². The molecule has 0 aliphatic carbocycles. The monoisotopic (exact) mass is 375 g/mol. The standard InChI is InChI=1S/C17H25FI/c1-3-4-5-6-7-8-9-16(18)14-19-17-12-10-15(2)11-13-17/h10-14H,3-9H2,1-2H3/q+1/b16-14+. The first kappa shape index (κ1) is 16.7. The summed E-state index contributed by atoms with van der Waals surface area (Å²) in [5.41, 5.74) is 1.27. The van der Waals surface area contributed by atoms with Gasteiger partial charge in [0.15, 0.2) is 7.65 Å². The van der Waals surface area contributed by atoms with Crippen molar-refractivity contribution in [2.24, 2.45) is 0 Å². The lowest BCUT2D eigenvalue weighted by Crippen LogP contribution is -3.59. The largest absolute Gasteiger partial charge is 0.352 e. The average molecular weight is 375 g/mol. The molecule has 0 bridgehead atoms. The zero-order valence-corrected chi connectivity index (χ0v) is 14.2. The van der Waals surface area contributed by atoms with Crippen molar-refractivity contribution in [2.75, 3.05) is 0 Å². The van der Waals surface area contributed by atoms with Gasteiger partial charge in [0.05, 0.1) is 0 Å². The lowest BCUT2D eigenvalue weighted by Gasteiger charge is -1.98. The van der Waals surface area contributed by atoms with Gasteiger partial charge >= 0.3 is 21.2 Å². The minimum Gasteiger partial charge on any atom is -0.208 e. The molecule has 0 amide bonds. The van der Waals surface area contributed by atoms with E-state index in [-0.39, 0.29) is 27.0 Å². The van der Waals surface area contributed by atoms with Gasteiger partial charge < -0.3 is 0 Å². The normalized spacial score (nSPS) is 11.8. The van der Waals surface area contributed by atoms with Crippen LogP contribution in [-0.4, -0.2) is 0 Å². The van der Waals surface area contributed by atoms with Crippen molar-refractivity contribution in [3.8, 4) is 0 Å². The first-order chi connectivity index (χ1) is 9.22. The number of unbranched alkanes of at least 4 members (excludes halogenated alkanes) is 5. The number of aryl methyl sites for hydroxylation is 1. The van der Waals surface area contributed by atoms with E-state index in [2.05, 4.69) is 38.1 Å². The minimum absolute atomic E-state index is 0.101. The van der Waals surface area contributed by atoms with Gasteiger partial charge in [-0.3, -0.25) is 0 Å². The predicted octanol–water partition coefficient (Wildman–Crippen LogP) is 2.82. The van der Waals surface area contributed by atoms with E-state index in [0.717, 1.165) is 6.42 Å². The molecular weight excluding hydrogens is 350 g/mol. The molecule has 0 aliphatic heterocycles.